The van der Waals surface area contributed by atoms with E-state index in [0.717, 1.165) is 51.4 Å². The zero-order valence-electron chi connectivity index (χ0n) is 19.5. The van der Waals surface area contributed by atoms with Crippen molar-refractivity contribution in [3.05, 3.63) is 12.2 Å². The van der Waals surface area contributed by atoms with Gasteiger partial charge in [-0.05, 0) is 64.2 Å². The number of likely N-dealkylation sites (N-methyl/N-ethyl adjacent to an activating group) is 1. The van der Waals surface area contributed by atoms with Gasteiger partial charge in [-0.3, -0.25) is 19.5 Å². The molecule has 4 unspecified atom stereocenters. The Morgan fingerprint density at radius 1 is 0.969 bits per heavy atom. The van der Waals surface area contributed by atoms with Crippen LogP contribution in [-0.2, 0) is 9.59 Å². The highest BCUT2D eigenvalue weighted by atomic mass is 127. The smallest absolute Gasteiger partial charge is 0.233 e. The van der Waals surface area contributed by atoms with E-state index in [1.165, 1.54) is 24.4 Å². The lowest BCUT2D eigenvalue weighted by Crippen LogP contribution is -2.41. The molecule has 4 atom stereocenters. The van der Waals surface area contributed by atoms with Crippen molar-refractivity contribution >= 4 is 41.8 Å². The molecule has 32 heavy (non-hydrogen) atoms. The van der Waals surface area contributed by atoms with Crippen molar-refractivity contribution in [1.29, 1.82) is 0 Å². The standard InChI is InChI=1S/C23H38N6O2.HI/c1-24-23(25-8-3-11-28-12-5-10-27(2)14-15-28)26-9-4-13-29-21(30)19-17-6-7-18(16-17)20(19)22(29)31;/h6-7,17-20H,3-5,8-16H2,1-2H3,(H2,24,25,26);1H. The Morgan fingerprint density at radius 2 is 1.59 bits per heavy atom. The molecule has 2 aliphatic carbocycles. The molecule has 0 aromatic carbocycles. The van der Waals surface area contributed by atoms with Crippen LogP contribution in [0.5, 0.6) is 0 Å². The van der Waals surface area contributed by atoms with E-state index in [2.05, 4.69) is 44.6 Å². The Balaban J connectivity index is 0.00000289. The highest BCUT2D eigenvalue weighted by Gasteiger charge is 2.58. The summed E-state index contributed by atoms with van der Waals surface area (Å²) in [6.07, 6.45) is 8.33. The molecule has 3 fully saturated rings. The van der Waals surface area contributed by atoms with Gasteiger partial charge in [-0.2, -0.15) is 0 Å². The minimum atomic E-state index is -0.0884. The molecule has 2 amide bonds. The summed E-state index contributed by atoms with van der Waals surface area (Å²) in [7, 11) is 3.97. The summed E-state index contributed by atoms with van der Waals surface area (Å²) in [6.45, 7) is 7.86. The van der Waals surface area contributed by atoms with E-state index in [-0.39, 0.29) is 59.5 Å². The Hall–Kier alpha value is -1.20. The monoisotopic (exact) mass is 558 g/mol. The number of amides is 2. The maximum Gasteiger partial charge on any atom is 0.233 e. The van der Waals surface area contributed by atoms with Gasteiger partial charge in [0.2, 0.25) is 11.8 Å². The van der Waals surface area contributed by atoms with Gasteiger partial charge in [0.25, 0.3) is 0 Å². The van der Waals surface area contributed by atoms with E-state index < -0.39 is 0 Å². The summed E-state index contributed by atoms with van der Waals surface area (Å²) in [6, 6.07) is 0. The normalized spacial score (nSPS) is 30.4. The van der Waals surface area contributed by atoms with Crippen molar-refractivity contribution in [1.82, 2.24) is 25.3 Å². The number of nitrogens with zero attached hydrogens (tertiary/aromatic N) is 4. The van der Waals surface area contributed by atoms with Crippen molar-refractivity contribution in [2.45, 2.75) is 25.7 Å². The molecule has 4 rings (SSSR count). The molecule has 0 aromatic rings. The number of rotatable bonds is 8. The number of allylic oxidation sites excluding steroid dienone is 2. The highest BCUT2D eigenvalue weighted by molar-refractivity contribution is 14.0. The van der Waals surface area contributed by atoms with Crippen LogP contribution in [-0.4, -0.2) is 98.9 Å². The summed E-state index contributed by atoms with van der Waals surface area (Å²) >= 11 is 0. The average molecular weight is 559 g/mol. The molecule has 180 valence electrons. The van der Waals surface area contributed by atoms with Gasteiger partial charge in [0.05, 0.1) is 11.8 Å². The van der Waals surface area contributed by atoms with Crippen molar-refractivity contribution in [3.63, 3.8) is 0 Å². The third-order valence-electron chi connectivity index (χ3n) is 7.39. The number of hydrogen-bond acceptors (Lipinski definition) is 5. The van der Waals surface area contributed by atoms with E-state index >= 15 is 0 Å². The fourth-order valence-corrected chi connectivity index (χ4v) is 5.68. The molecular weight excluding hydrogens is 519 g/mol. The van der Waals surface area contributed by atoms with Crippen LogP contribution in [0.3, 0.4) is 0 Å². The SMILES string of the molecule is CN=C(NCCCN1CCCN(C)CC1)NCCCN1C(=O)C2C3C=CC(C3)C2C1=O.I. The van der Waals surface area contributed by atoms with Gasteiger partial charge in [0.1, 0.15) is 0 Å². The number of nitrogens with one attached hydrogen (secondary N) is 2. The first-order valence-electron chi connectivity index (χ1n) is 12.0. The number of hydrogen-bond donors (Lipinski definition) is 2. The molecule has 4 aliphatic rings. The van der Waals surface area contributed by atoms with Crippen LogP contribution in [0.2, 0.25) is 0 Å². The predicted octanol–water partition coefficient (Wildman–Crippen LogP) is 0.994. The number of carbonyl (C=O) groups excluding carboxylic acids is 2. The summed E-state index contributed by atoms with van der Waals surface area (Å²) in [4.78, 5) is 36.2. The lowest BCUT2D eigenvalue weighted by Gasteiger charge is -2.20. The van der Waals surface area contributed by atoms with Gasteiger partial charge in [-0.25, -0.2) is 0 Å². The molecule has 9 heteroatoms. The van der Waals surface area contributed by atoms with Crippen LogP contribution in [0.4, 0.5) is 0 Å². The number of imide groups is 1. The van der Waals surface area contributed by atoms with Crippen LogP contribution < -0.4 is 10.6 Å². The molecule has 8 nitrogen and oxygen atoms in total. The van der Waals surface area contributed by atoms with Crippen LogP contribution >= 0.6 is 24.0 Å². The second kappa shape index (κ2) is 11.8. The summed E-state index contributed by atoms with van der Waals surface area (Å²) in [5, 5.41) is 6.69. The van der Waals surface area contributed by atoms with Gasteiger partial charge < -0.3 is 20.4 Å². The number of carbonyl (C=O) groups is 2. The van der Waals surface area contributed by atoms with Crippen LogP contribution in [0.25, 0.3) is 0 Å². The molecular formula is C23H39IN6O2. The third kappa shape index (κ3) is 5.64. The fourth-order valence-electron chi connectivity index (χ4n) is 5.68. The van der Waals surface area contributed by atoms with E-state index in [4.69, 9.17) is 0 Å². The largest absolute Gasteiger partial charge is 0.356 e. The van der Waals surface area contributed by atoms with Gasteiger partial charge in [-0.15, -0.1) is 24.0 Å². The number of guanidine groups is 1. The quantitative estimate of drug-likeness (QED) is 0.116. The predicted molar refractivity (Wildman–Crippen MR) is 137 cm³/mol. The van der Waals surface area contributed by atoms with Crippen molar-refractivity contribution in [3.8, 4) is 0 Å². The van der Waals surface area contributed by atoms with Crippen LogP contribution in [0.15, 0.2) is 17.1 Å². The van der Waals surface area contributed by atoms with Crippen LogP contribution in [0.1, 0.15) is 25.7 Å². The lowest BCUT2D eigenvalue weighted by molar-refractivity contribution is -0.140. The van der Waals surface area contributed by atoms with E-state index in [1.54, 1.807) is 7.05 Å². The molecule has 2 bridgehead atoms. The van der Waals surface area contributed by atoms with Gasteiger partial charge in [0, 0.05) is 39.8 Å². The molecule has 2 N–H and O–H groups in total. The lowest BCUT2D eigenvalue weighted by atomic mass is 9.85. The molecule has 0 aromatic heterocycles. The number of halogens is 1. The maximum absolute atomic E-state index is 12.7. The molecule has 2 saturated heterocycles. The molecule has 0 spiro atoms. The molecule has 1 saturated carbocycles. The number of aliphatic imine (C=N–C) groups is 1. The maximum atomic E-state index is 12.7. The number of likely N-dealkylation sites (tertiary alicyclic amines) is 1. The van der Waals surface area contributed by atoms with E-state index in [1.807, 2.05) is 0 Å². The summed E-state index contributed by atoms with van der Waals surface area (Å²) < 4.78 is 0. The fraction of sp³-hybridized carbons (Fsp3) is 0.783. The summed E-state index contributed by atoms with van der Waals surface area (Å²) in [5.74, 6) is 1.28. The minimum absolute atomic E-state index is 0. The second-order valence-corrected chi connectivity index (χ2v) is 9.46. The average Bonchev–Trinajstić information content (AvgIpc) is 3.40. The van der Waals surface area contributed by atoms with Crippen molar-refractivity contribution in [2.75, 3.05) is 66.5 Å². The first kappa shape index (κ1) is 25.4. The second-order valence-electron chi connectivity index (χ2n) is 9.46. The zero-order chi connectivity index (χ0) is 21.8. The Labute approximate surface area is 209 Å². The Bertz CT molecular complexity index is 699. The first-order valence-corrected chi connectivity index (χ1v) is 12.0. The molecule has 2 heterocycles. The summed E-state index contributed by atoms with van der Waals surface area (Å²) in [5.41, 5.74) is 0. The first-order chi connectivity index (χ1) is 15.1. The van der Waals surface area contributed by atoms with Crippen molar-refractivity contribution < 1.29 is 9.59 Å². The Kier molecular flexibility index (Phi) is 9.36. The van der Waals surface area contributed by atoms with Gasteiger partial charge in [-0.1, -0.05) is 12.2 Å². The minimum Gasteiger partial charge on any atom is -0.356 e. The van der Waals surface area contributed by atoms with Crippen LogP contribution in [0, 0.1) is 23.7 Å². The molecule has 0 radical (unpaired) electrons. The third-order valence-corrected chi connectivity index (χ3v) is 7.39. The molecule has 2 aliphatic heterocycles. The van der Waals surface area contributed by atoms with Gasteiger partial charge >= 0.3 is 0 Å². The number of fused-ring (bicyclic) bond motifs is 5. The Morgan fingerprint density at radius 3 is 2.22 bits per heavy atom. The van der Waals surface area contributed by atoms with E-state index in [0.29, 0.717) is 13.1 Å². The van der Waals surface area contributed by atoms with Crippen molar-refractivity contribution in [2.24, 2.45) is 28.7 Å². The van der Waals surface area contributed by atoms with E-state index in [9.17, 15) is 9.59 Å². The van der Waals surface area contributed by atoms with Gasteiger partial charge in [0.15, 0.2) is 5.96 Å². The zero-order valence-corrected chi connectivity index (χ0v) is 21.8. The topological polar surface area (TPSA) is 80.3 Å². The highest BCUT2D eigenvalue weighted by Crippen LogP contribution is 2.52.